The summed E-state index contributed by atoms with van der Waals surface area (Å²) in [6.07, 6.45) is 0. The number of halogens is 2. The van der Waals surface area contributed by atoms with E-state index in [4.69, 9.17) is 16.6 Å². The number of rotatable bonds is 3. The van der Waals surface area contributed by atoms with Crippen molar-refractivity contribution >= 4 is 45.2 Å². The van der Waals surface area contributed by atoms with Crippen molar-refractivity contribution in [1.29, 1.82) is 0 Å². The van der Waals surface area contributed by atoms with Crippen LogP contribution in [0.15, 0.2) is 42.5 Å². The van der Waals surface area contributed by atoms with Crippen molar-refractivity contribution in [3.8, 4) is 0 Å². The van der Waals surface area contributed by atoms with Gasteiger partial charge in [0.2, 0.25) is 0 Å². The maximum absolute atomic E-state index is 6.33. The average Bonchev–Trinajstić information content (AvgIpc) is 2.77. The van der Waals surface area contributed by atoms with Crippen LogP contribution in [0.4, 0.5) is 0 Å². The minimum absolute atomic E-state index is 0.111. The average molecular weight is 411 g/mol. The molecule has 0 saturated carbocycles. The summed E-state index contributed by atoms with van der Waals surface area (Å²) in [7, 11) is 0. The molecular formula is C17H16ClIN2. The van der Waals surface area contributed by atoms with Crippen LogP contribution in [-0.4, -0.2) is 9.55 Å². The molecule has 2 nitrogen and oxygen atoms in total. The van der Waals surface area contributed by atoms with E-state index in [0.717, 1.165) is 23.4 Å². The van der Waals surface area contributed by atoms with Gasteiger partial charge in [0.1, 0.15) is 5.82 Å². The quantitative estimate of drug-likeness (QED) is 0.423. The molecular weight excluding hydrogens is 395 g/mol. The third kappa shape index (κ3) is 3.09. The number of nitrogens with zero attached hydrogens (tertiary/aromatic N) is 2. The van der Waals surface area contributed by atoms with Gasteiger partial charge < -0.3 is 4.57 Å². The van der Waals surface area contributed by atoms with Crippen LogP contribution in [0.25, 0.3) is 11.0 Å². The van der Waals surface area contributed by atoms with Gasteiger partial charge in [-0.3, -0.25) is 0 Å². The summed E-state index contributed by atoms with van der Waals surface area (Å²) in [5, 5.41) is -0.111. The maximum atomic E-state index is 6.33. The van der Waals surface area contributed by atoms with Gasteiger partial charge in [-0.25, -0.2) is 4.98 Å². The Kier molecular flexibility index (Phi) is 4.22. The standard InChI is InChI=1S/C17H16ClIN2/c1-11-4-3-5-13(8-11)10-21-16-7-6-14(19)9-15(16)20-17(21)12(2)18/h3-9,12H,10H2,1-2H3. The number of aryl methyl sites for hydroxylation is 1. The third-order valence-electron chi connectivity index (χ3n) is 3.52. The molecule has 0 N–H and O–H groups in total. The Morgan fingerprint density at radius 1 is 1.24 bits per heavy atom. The van der Waals surface area contributed by atoms with E-state index in [1.165, 1.54) is 14.7 Å². The first kappa shape index (κ1) is 14.9. The molecule has 0 aliphatic carbocycles. The molecule has 108 valence electrons. The van der Waals surface area contributed by atoms with Gasteiger partial charge in [0.15, 0.2) is 0 Å². The van der Waals surface area contributed by atoms with E-state index in [0.29, 0.717) is 0 Å². The van der Waals surface area contributed by atoms with E-state index in [2.05, 4.69) is 76.5 Å². The second-order valence-corrected chi connectivity index (χ2v) is 7.19. The van der Waals surface area contributed by atoms with E-state index in [1.54, 1.807) is 0 Å². The van der Waals surface area contributed by atoms with Gasteiger partial charge in [0.05, 0.1) is 16.4 Å². The molecule has 1 unspecified atom stereocenters. The largest absolute Gasteiger partial charge is 0.322 e. The summed E-state index contributed by atoms with van der Waals surface area (Å²) in [5.41, 5.74) is 4.69. The number of benzene rings is 2. The zero-order valence-corrected chi connectivity index (χ0v) is 14.9. The Morgan fingerprint density at radius 3 is 2.76 bits per heavy atom. The SMILES string of the molecule is Cc1cccc(Cn2c(C(C)Cl)nc3cc(I)ccc32)c1. The van der Waals surface area contributed by atoms with E-state index in [9.17, 15) is 0 Å². The van der Waals surface area contributed by atoms with Crippen LogP contribution < -0.4 is 0 Å². The van der Waals surface area contributed by atoms with Gasteiger partial charge in [-0.15, -0.1) is 11.6 Å². The molecule has 0 bridgehead atoms. The van der Waals surface area contributed by atoms with Crippen LogP contribution in [0, 0.1) is 10.5 Å². The normalized spacial score (nSPS) is 12.8. The minimum Gasteiger partial charge on any atom is -0.322 e. The summed E-state index contributed by atoms with van der Waals surface area (Å²) in [6.45, 7) is 4.88. The first-order valence-electron chi connectivity index (χ1n) is 6.90. The van der Waals surface area contributed by atoms with Crippen molar-refractivity contribution in [2.45, 2.75) is 25.8 Å². The van der Waals surface area contributed by atoms with E-state index in [1.807, 2.05) is 6.92 Å². The predicted molar refractivity (Wildman–Crippen MR) is 97.0 cm³/mol. The third-order valence-corrected chi connectivity index (χ3v) is 4.38. The van der Waals surface area contributed by atoms with E-state index >= 15 is 0 Å². The molecule has 3 aromatic rings. The summed E-state index contributed by atoms with van der Waals surface area (Å²) < 4.78 is 3.41. The number of hydrogen-bond acceptors (Lipinski definition) is 1. The fourth-order valence-corrected chi connectivity index (χ4v) is 3.23. The van der Waals surface area contributed by atoms with Gasteiger partial charge in [0, 0.05) is 10.1 Å². The Morgan fingerprint density at radius 2 is 2.05 bits per heavy atom. The smallest absolute Gasteiger partial charge is 0.128 e. The molecule has 0 amide bonds. The first-order chi connectivity index (χ1) is 10.0. The van der Waals surface area contributed by atoms with Crippen LogP contribution in [-0.2, 0) is 6.54 Å². The minimum atomic E-state index is -0.111. The monoisotopic (exact) mass is 410 g/mol. The van der Waals surface area contributed by atoms with Crippen LogP contribution in [0.1, 0.15) is 29.3 Å². The summed E-state index contributed by atoms with van der Waals surface area (Å²) in [6, 6.07) is 14.9. The lowest BCUT2D eigenvalue weighted by molar-refractivity contribution is 0.742. The number of imidazole rings is 1. The van der Waals surface area contributed by atoms with E-state index in [-0.39, 0.29) is 5.38 Å². The lowest BCUT2D eigenvalue weighted by Gasteiger charge is -2.11. The molecule has 1 atom stereocenters. The van der Waals surface area contributed by atoms with Gasteiger partial charge in [-0.1, -0.05) is 29.8 Å². The maximum Gasteiger partial charge on any atom is 0.128 e. The Labute approximate surface area is 143 Å². The lowest BCUT2D eigenvalue weighted by Crippen LogP contribution is -2.05. The highest BCUT2D eigenvalue weighted by molar-refractivity contribution is 14.1. The second-order valence-electron chi connectivity index (χ2n) is 5.29. The Bertz CT molecular complexity index is 793. The van der Waals surface area contributed by atoms with E-state index < -0.39 is 0 Å². The van der Waals surface area contributed by atoms with Crippen molar-refractivity contribution in [1.82, 2.24) is 9.55 Å². The zero-order valence-electron chi connectivity index (χ0n) is 12.0. The van der Waals surface area contributed by atoms with Crippen molar-refractivity contribution < 1.29 is 0 Å². The molecule has 0 aliphatic heterocycles. The molecule has 0 spiro atoms. The summed E-state index contributed by atoms with van der Waals surface area (Å²) in [5.74, 6) is 0.926. The van der Waals surface area contributed by atoms with Gasteiger partial charge >= 0.3 is 0 Å². The topological polar surface area (TPSA) is 17.8 Å². The van der Waals surface area contributed by atoms with Crippen molar-refractivity contribution in [3.05, 3.63) is 63.0 Å². The lowest BCUT2D eigenvalue weighted by atomic mass is 10.1. The molecule has 0 radical (unpaired) electrons. The van der Waals surface area contributed by atoms with Crippen LogP contribution in [0.5, 0.6) is 0 Å². The molecule has 0 saturated heterocycles. The van der Waals surface area contributed by atoms with Gasteiger partial charge in [0.25, 0.3) is 0 Å². The molecule has 1 aromatic heterocycles. The molecule has 0 fully saturated rings. The number of fused-ring (bicyclic) bond motifs is 1. The first-order valence-corrected chi connectivity index (χ1v) is 8.41. The Balaban J connectivity index is 2.13. The fraction of sp³-hybridized carbons (Fsp3) is 0.235. The second kappa shape index (κ2) is 5.97. The number of alkyl halides is 1. The van der Waals surface area contributed by atoms with Crippen molar-refractivity contribution in [2.75, 3.05) is 0 Å². The van der Waals surface area contributed by atoms with Gasteiger partial charge in [-0.2, -0.15) is 0 Å². The van der Waals surface area contributed by atoms with Crippen LogP contribution in [0.3, 0.4) is 0 Å². The van der Waals surface area contributed by atoms with Gasteiger partial charge in [-0.05, 0) is 60.2 Å². The molecule has 21 heavy (non-hydrogen) atoms. The number of hydrogen-bond donors (Lipinski definition) is 0. The fourth-order valence-electron chi connectivity index (χ4n) is 2.58. The molecule has 1 heterocycles. The molecule has 3 rings (SSSR count). The molecule has 4 heteroatoms. The highest BCUT2D eigenvalue weighted by atomic mass is 127. The molecule has 2 aromatic carbocycles. The predicted octanol–water partition coefficient (Wildman–Crippen LogP) is 5.30. The van der Waals surface area contributed by atoms with Crippen LogP contribution >= 0.6 is 34.2 Å². The summed E-state index contributed by atoms with van der Waals surface area (Å²) >= 11 is 8.64. The Hall–Kier alpha value is -1.07. The summed E-state index contributed by atoms with van der Waals surface area (Å²) in [4.78, 5) is 4.72. The number of aromatic nitrogens is 2. The highest BCUT2D eigenvalue weighted by Crippen LogP contribution is 2.26. The zero-order chi connectivity index (χ0) is 15.0. The van der Waals surface area contributed by atoms with Crippen molar-refractivity contribution in [3.63, 3.8) is 0 Å². The van der Waals surface area contributed by atoms with Crippen LogP contribution in [0.2, 0.25) is 0 Å². The van der Waals surface area contributed by atoms with Crippen molar-refractivity contribution in [2.24, 2.45) is 0 Å². The highest BCUT2D eigenvalue weighted by Gasteiger charge is 2.15. The molecule has 0 aliphatic rings.